The topological polar surface area (TPSA) is 160 Å². The largest absolute Gasteiger partial charge is 0.481 e. The Morgan fingerprint density at radius 2 is 1.73 bits per heavy atom. The van der Waals surface area contributed by atoms with Crippen LogP contribution in [-0.4, -0.2) is 48.8 Å². The first kappa shape index (κ1) is 30.3. The number of methoxy groups -OCH3 is 1. The number of alkyl halides is 6. The first-order chi connectivity index (χ1) is 18.9. The van der Waals surface area contributed by atoms with E-state index in [4.69, 9.17) is 10.5 Å². The Morgan fingerprint density at radius 3 is 2.22 bits per heavy atom. The van der Waals surface area contributed by atoms with E-state index < -0.39 is 91.2 Å². The summed E-state index contributed by atoms with van der Waals surface area (Å²) in [6.07, 6.45) is -12.5. The van der Waals surface area contributed by atoms with Crippen LogP contribution in [0.3, 0.4) is 0 Å². The van der Waals surface area contributed by atoms with Crippen molar-refractivity contribution in [2.45, 2.75) is 47.9 Å². The Bertz CT molecular complexity index is 1570. The summed E-state index contributed by atoms with van der Waals surface area (Å²) in [5, 5.41) is 18.0. The normalized spacial score (nSPS) is 28.2. The van der Waals surface area contributed by atoms with E-state index in [0.717, 1.165) is 25.4 Å². The molecule has 1 heterocycles. The third-order valence-corrected chi connectivity index (χ3v) is 10.1. The average molecular weight is 606 g/mol. The van der Waals surface area contributed by atoms with Crippen molar-refractivity contribution in [1.82, 2.24) is 4.98 Å². The average Bonchev–Trinajstić information content (AvgIpc) is 3.52. The molecule has 5 atom stereocenters. The quantitative estimate of drug-likeness (QED) is 0.451. The van der Waals surface area contributed by atoms with Crippen molar-refractivity contribution in [3.05, 3.63) is 47.8 Å². The molecule has 2 aromatic rings. The number of carbonyl (C=O) groups excluding carboxylic acids is 1. The van der Waals surface area contributed by atoms with Crippen LogP contribution in [0.15, 0.2) is 41.4 Å². The highest BCUT2D eigenvalue weighted by molar-refractivity contribution is 7.92. The maximum atomic E-state index is 14.2. The molecule has 0 radical (unpaired) electrons. The number of hydrogen-bond donors (Lipinski definition) is 2. The number of rotatable bonds is 7. The highest BCUT2D eigenvalue weighted by atomic mass is 32.2. The number of hydrogen-bond acceptors (Lipinski definition) is 7. The number of sulfone groups is 1. The van der Waals surface area contributed by atoms with Crippen LogP contribution in [0.1, 0.15) is 30.5 Å². The summed E-state index contributed by atoms with van der Waals surface area (Å²) in [4.78, 5) is 26.5. The second kappa shape index (κ2) is 9.69. The molecule has 4 rings (SSSR count). The summed E-state index contributed by atoms with van der Waals surface area (Å²) >= 11 is 0. The third kappa shape index (κ3) is 4.80. The van der Waals surface area contributed by atoms with Gasteiger partial charge in [-0.15, -0.1) is 0 Å². The molecule has 3 N–H and O–H groups in total. The van der Waals surface area contributed by atoms with Gasteiger partial charge in [0, 0.05) is 19.2 Å². The van der Waals surface area contributed by atoms with Crippen molar-refractivity contribution in [2.24, 2.45) is 22.5 Å². The second-order valence-electron chi connectivity index (χ2n) is 10.0. The molecule has 0 spiro atoms. The molecule has 41 heavy (non-hydrogen) atoms. The predicted octanol–water partition coefficient (Wildman–Crippen LogP) is 3.82. The summed E-state index contributed by atoms with van der Waals surface area (Å²) in [5.41, 5.74) is -2.43. The van der Waals surface area contributed by atoms with Crippen molar-refractivity contribution in [3.8, 4) is 17.2 Å². The Kier molecular flexibility index (Phi) is 7.15. The fraction of sp³-hybridized carbons (Fsp3) is 0.440. The molecule has 1 amide bonds. The molecule has 2 aliphatic rings. The first-order valence-electron chi connectivity index (χ1n) is 11.8. The van der Waals surface area contributed by atoms with E-state index in [1.165, 1.54) is 0 Å². The third-order valence-electron chi connectivity index (χ3n) is 7.94. The number of carboxylic acids is 1. The number of halogens is 6. The summed E-state index contributed by atoms with van der Waals surface area (Å²) < 4.78 is 114. The number of aromatic nitrogens is 1. The predicted molar refractivity (Wildman–Crippen MR) is 126 cm³/mol. The molecule has 0 aliphatic heterocycles. The second-order valence-corrected chi connectivity index (χ2v) is 12.2. The van der Waals surface area contributed by atoms with Gasteiger partial charge < -0.3 is 15.6 Å². The van der Waals surface area contributed by atoms with Gasteiger partial charge in [-0.2, -0.15) is 31.6 Å². The lowest BCUT2D eigenvalue weighted by Crippen LogP contribution is -2.44. The number of carbonyl (C=O) groups is 2. The molecule has 2 saturated carbocycles. The number of ether oxygens (including phenoxy) is 1. The molecule has 9 nitrogen and oxygen atoms in total. The van der Waals surface area contributed by atoms with Gasteiger partial charge in [-0.25, -0.2) is 8.42 Å². The van der Waals surface area contributed by atoms with Crippen molar-refractivity contribution in [2.75, 3.05) is 7.11 Å². The minimum atomic E-state index is -5.28. The van der Waals surface area contributed by atoms with Gasteiger partial charge in [-0.05, 0) is 54.7 Å². The van der Waals surface area contributed by atoms with E-state index >= 15 is 0 Å². The molecule has 2 unspecified atom stereocenters. The minimum Gasteiger partial charge on any atom is -0.481 e. The standard InChI is InChI=1S/C25H21F6N3O6S/c1-40-19-8-14(9-23(19,21(36)37)17-10-22(17,11-32)20(33)35)41(38,39)16-3-2-12(6-15(16)24(26,27)28)13-4-5-34-18(7-13)25(29,30)31/h2-7,14,17,19H,8-10H2,1H3,(H2,33,35)(H,36,37)/t14-,17?,19+,22?,23+/m1/s1. The van der Waals surface area contributed by atoms with Gasteiger partial charge >= 0.3 is 18.3 Å². The molecule has 1 aromatic carbocycles. The molecule has 2 fully saturated rings. The first-order valence-corrected chi connectivity index (χ1v) is 13.4. The molecule has 220 valence electrons. The van der Waals surface area contributed by atoms with E-state index in [9.17, 15) is 54.7 Å². The highest BCUT2D eigenvalue weighted by Gasteiger charge is 2.75. The van der Waals surface area contributed by atoms with Gasteiger partial charge in [-0.3, -0.25) is 14.6 Å². The molecular weight excluding hydrogens is 584 g/mol. The van der Waals surface area contributed by atoms with Crippen LogP contribution >= 0.6 is 0 Å². The highest BCUT2D eigenvalue weighted by Crippen LogP contribution is 2.66. The molecule has 1 aromatic heterocycles. The molecule has 2 aliphatic carbocycles. The van der Waals surface area contributed by atoms with Crippen LogP contribution in [0.5, 0.6) is 0 Å². The van der Waals surface area contributed by atoms with Crippen molar-refractivity contribution < 1.29 is 54.2 Å². The maximum Gasteiger partial charge on any atom is 0.433 e. The van der Waals surface area contributed by atoms with E-state index in [2.05, 4.69) is 4.98 Å². The van der Waals surface area contributed by atoms with Crippen molar-refractivity contribution in [1.29, 1.82) is 5.26 Å². The number of nitriles is 1. The molecule has 0 bridgehead atoms. The Morgan fingerprint density at radius 1 is 1.10 bits per heavy atom. The number of carboxylic acid groups (broad SMARTS) is 1. The van der Waals surface area contributed by atoms with Gasteiger partial charge in [0.15, 0.2) is 9.84 Å². The van der Waals surface area contributed by atoms with Crippen molar-refractivity contribution >= 4 is 21.7 Å². The van der Waals surface area contributed by atoms with Crippen LogP contribution in [0.2, 0.25) is 0 Å². The zero-order chi connectivity index (χ0) is 30.8. The van der Waals surface area contributed by atoms with Gasteiger partial charge in [0.25, 0.3) is 0 Å². The lowest BCUT2D eigenvalue weighted by molar-refractivity contribution is -0.159. The van der Waals surface area contributed by atoms with Crippen LogP contribution < -0.4 is 5.73 Å². The fourth-order valence-electron chi connectivity index (χ4n) is 5.78. The smallest absolute Gasteiger partial charge is 0.433 e. The van der Waals surface area contributed by atoms with Gasteiger partial charge in [0.05, 0.1) is 27.9 Å². The number of benzene rings is 1. The molecule has 0 saturated heterocycles. The number of nitrogens with two attached hydrogens (primary N) is 1. The van der Waals surface area contributed by atoms with Crippen LogP contribution in [0.25, 0.3) is 11.1 Å². The monoisotopic (exact) mass is 605 g/mol. The Labute approximate surface area is 228 Å². The SMILES string of the molecule is CO[C@H]1C[C@@H](S(=O)(=O)c2ccc(-c3ccnc(C(F)(F)F)c3)cc2C(F)(F)F)C[C@]1(C(=O)O)C1CC1(C#N)C(N)=O. The van der Waals surface area contributed by atoms with E-state index in [1.54, 1.807) is 6.07 Å². The van der Waals surface area contributed by atoms with Crippen LogP contribution in [0, 0.1) is 28.1 Å². The molecule has 16 heteroatoms. The number of aliphatic carboxylic acids is 1. The van der Waals surface area contributed by atoms with Gasteiger partial charge in [-0.1, -0.05) is 6.07 Å². The number of nitrogens with zero attached hydrogens (tertiary/aromatic N) is 2. The van der Waals surface area contributed by atoms with Gasteiger partial charge in [0.1, 0.15) is 16.5 Å². The fourth-order valence-corrected chi connectivity index (χ4v) is 7.81. The Balaban J connectivity index is 1.80. The summed E-state index contributed by atoms with van der Waals surface area (Å²) in [6, 6.07) is 5.12. The van der Waals surface area contributed by atoms with Crippen LogP contribution in [0.4, 0.5) is 26.3 Å². The minimum absolute atomic E-state index is 0.299. The maximum absolute atomic E-state index is 14.2. The van der Waals surface area contributed by atoms with Crippen LogP contribution in [-0.2, 0) is 36.5 Å². The summed E-state index contributed by atoms with van der Waals surface area (Å²) in [7, 11) is -3.89. The lowest BCUT2D eigenvalue weighted by atomic mass is 9.75. The van der Waals surface area contributed by atoms with Crippen molar-refractivity contribution in [3.63, 3.8) is 0 Å². The van der Waals surface area contributed by atoms with Gasteiger partial charge in [0.2, 0.25) is 5.91 Å². The zero-order valence-electron chi connectivity index (χ0n) is 21.0. The summed E-state index contributed by atoms with van der Waals surface area (Å²) in [6.45, 7) is 0. The number of amides is 1. The Hall–Kier alpha value is -3.71. The molecular formula is C25H21F6N3O6S. The van der Waals surface area contributed by atoms with E-state index in [0.29, 0.717) is 18.2 Å². The number of primary amides is 1. The zero-order valence-corrected chi connectivity index (χ0v) is 21.8. The van der Waals surface area contributed by atoms with E-state index in [1.807, 2.05) is 0 Å². The summed E-state index contributed by atoms with van der Waals surface area (Å²) in [5.74, 6) is -3.97. The lowest BCUT2D eigenvalue weighted by Gasteiger charge is -2.31. The van der Waals surface area contributed by atoms with E-state index in [-0.39, 0.29) is 17.5 Å². The number of pyridine rings is 1.